The van der Waals surface area contributed by atoms with Crippen molar-refractivity contribution in [2.75, 3.05) is 5.32 Å². The maximum Gasteiger partial charge on any atom is 0.272 e. The number of para-hydroxylation sites is 1. The summed E-state index contributed by atoms with van der Waals surface area (Å²) in [5.74, 6) is -1.05. The minimum atomic E-state index is -0.704. The molecule has 132 valence electrons. The summed E-state index contributed by atoms with van der Waals surface area (Å²) in [4.78, 5) is 33.1. The van der Waals surface area contributed by atoms with Crippen LogP contribution in [-0.2, 0) is 0 Å². The Kier molecular flexibility index (Phi) is 4.10. The van der Waals surface area contributed by atoms with E-state index in [0.717, 1.165) is 5.56 Å². The fourth-order valence-electron chi connectivity index (χ4n) is 2.79. The molecular formula is C20H15N5O2. The Morgan fingerprint density at radius 1 is 0.963 bits per heavy atom. The van der Waals surface area contributed by atoms with Gasteiger partial charge in [0, 0.05) is 11.3 Å². The maximum absolute atomic E-state index is 12.9. The fourth-order valence-corrected chi connectivity index (χ4v) is 2.79. The Bertz CT molecular complexity index is 1140. The van der Waals surface area contributed by atoms with Crippen molar-refractivity contribution in [1.29, 1.82) is 0 Å². The van der Waals surface area contributed by atoms with Gasteiger partial charge in [-0.1, -0.05) is 48.5 Å². The van der Waals surface area contributed by atoms with Gasteiger partial charge >= 0.3 is 0 Å². The minimum absolute atomic E-state index is 0.0153. The van der Waals surface area contributed by atoms with E-state index in [-0.39, 0.29) is 17.2 Å². The van der Waals surface area contributed by atoms with Crippen LogP contribution in [-0.4, -0.2) is 26.2 Å². The predicted molar refractivity (Wildman–Crippen MR) is 101 cm³/mol. The predicted octanol–water partition coefficient (Wildman–Crippen LogP) is 2.75. The van der Waals surface area contributed by atoms with Gasteiger partial charge in [-0.3, -0.25) is 14.0 Å². The van der Waals surface area contributed by atoms with E-state index in [1.54, 1.807) is 18.2 Å². The Morgan fingerprint density at radius 2 is 1.63 bits per heavy atom. The molecule has 0 radical (unpaired) electrons. The monoisotopic (exact) mass is 357 g/mol. The van der Waals surface area contributed by atoms with E-state index in [9.17, 15) is 9.59 Å². The number of carbonyl (C=O) groups excluding carboxylic acids is 2. The zero-order valence-electron chi connectivity index (χ0n) is 14.2. The zero-order valence-corrected chi connectivity index (χ0v) is 14.2. The number of primary amides is 1. The fraction of sp³-hybridized carbons (Fsp3) is 0. The lowest BCUT2D eigenvalue weighted by molar-refractivity contribution is 0.0993. The van der Waals surface area contributed by atoms with Crippen LogP contribution in [0.4, 0.5) is 5.69 Å². The highest BCUT2D eigenvalue weighted by Gasteiger charge is 2.19. The molecule has 27 heavy (non-hydrogen) atoms. The first-order valence-electron chi connectivity index (χ1n) is 8.23. The van der Waals surface area contributed by atoms with Crippen molar-refractivity contribution >= 4 is 23.1 Å². The normalized spacial score (nSPS) is 10.7. The van der Waals surface area contributed by atoms with Gasteiger partial charge in [-0.25, -0.2) is 9.97 Å². The van der Waals surface area contributed by atoms with Crippen LogP contribution in [0.3, 0.4) is 0 Å². The minimum Gasteiger partial charge on any atom is -0.364 e. The molecule has 0 saturated heterocycles. The highest BCUT2D eigenvalue weighted by atomic mass is 16.2. The van der Waals surface area contributed by atoms with Gasteiger partial charge in [0.2, 0.25) is 0 Å². The van der Waals surface area contributed by atoms with Gasteiger partial charge in [-0.2, -0.15) is 0 Å². The molecule has 0 aliphatic carbocycles. The number of benzene rings is 2. The van der Waals surface area contributed by atoms with E-state index in [0.29, 0.717) is 17.1 Å². The highest BCUT2D eigenvalue weighted by molar-refractivity contribution is 6.05. The summed E-state index contributed by atoms with van der Waals surface area (Å²) in [7, 11) is 0. The second-order valence-electron chi connectivity index (χ2n) is 5.86. The summed E-state index contributed by atoms with van der Waals surface area (Å²) in [6, 6.07) is 20.1. The smallest absolute Gasteiger partial charge is 0.272 e. The highest BCUT2D eigenvalue weighted by Crippen LogP contribution is 2.22. The van der Waals surface area contributed by atoms with E-state index < -0.39 is 5.91 Å². The molecule has 2 aromatic carbocycles. The second kappa shape index (κ2) is 6.72. The van der Waals surface area contributed by atoms with Gasteiger partial charge in [-0.15, -0.1) is 0 Å². The van der Waals surface area contributed by atoms with Gasteiger partial charge < -0.3 is 11.1 Å². The molecule has 0 spiro atoms. The van der Waals surface area contributed by atoms with Crippen molar-refractivity contribution in [3.05, 3.63) is 84.4 Å². The Morgan fingerprint density at radius 3 is 2.30 bits per heavy atom. The number of nitrogens with two attached hydrogens (primary N) is 1. The number of hydrogen-bond acceptors (Lipinski definition) is 4. The Hall–Kier alpha value is -4.00. The van der Waals surface area contributed by atoms with Crippen LogP contribution < -0.4 is 11.1 Å². The molecule has 4 rings (SSSR count). The van der Waals surface area contributed by atoms with Crippen LogP contribution >= 0.6 is 0 Å². The third kappa shape index (κ3) is 3.13. The number of aromatic nitrogens is 3. The van der Waals surface area contributed by atoms with E-state index in [1.807, 2.05) is 48.5 Å². The molecule has 2 heterocycles. The third-order valence-electron chi connectivity index (χ3n) is 4.07. The van der Waals surface area contributed by atoms with Crippen molar-refractivity contribution in [2.24, 2.45) is 5.73 Å². The van der Waals surface area contributed by atoms with Gasteiger partial charge in [-0.05, 0) is 18.2 Å². The number of fused-ring (bicyclic) bond motifs is 1. The van der Waals surface area contributed by atoms with E-state index in [2.05, 4.69) is 15.3 Å². The molecule has 0 bridgehead atoms. The molecule has 2 aromatic heterocycles. The van der Waals surface area contributed by atoms with Gasteiger partial charge in [0.05, 0.1) is 5.69 Å². The van der Waals surface area contributed by atoms with Crippen molar-refractivity contribution in [2.45, 2.75) is 0 Å². The summed E-state index contributed by atoms with van der Waals surface area (Å²) in [6.45, 7) is 0. The van der Waals surface area contributed by atoms with Crippen LogP contribution in [0.25, 0.3) is 16.9 Å². The first-order valence-corrected chi connectivity index (χ1v) is 8.23. The van der Waals surface area contributed by atoms with E-state index in [1.165, 1.54) is 10.7 Å². The standard InChI is InChI=1S/C20H15N5O2/c21-18(26)17-19-24-15(13-7-3-1-4-8-13)11-16(25(19)12-22-17)20(27)23-14-9-5-2-6-10-14/h1-12H,(H2,21,26)(H,23,27). The van der Waals surface area contributed by atoms with E-state index >= 15 is 0 Å². The lowest BCUT2D eigenvalue weighted by Crippen LogP contribution is -2.17. The topological polar surface area (TPSA) is 102 Å². The molecule has 7 nitrogen and oxygen atoms in total. The second-order valence-corrected chi connectivity index (χ2v) is 5.86. The number of rotatable bonds is 4. The summed E-state index contributed by atoms with van der Waals surface area (Å²) in [6.07, 6.45) is 1.37. The molecule has 4 aromatic rings. The van der Waals surface area contributed by atoms with E-state index in [4.69, 9.17) is 5.73 Å². The SMILES string of the molecule is NC(=O)c1ncn2c(C(=O)Nc3ccccc3)cc(-c3ccccc3)nc12. The Balaban J connectivity index is 1.88. The first kappa shape index (κ1) is 16.5. The zero-order chi connectivity index (χ0) is 18.8. The summed E-state index contributed by atoms with van der Waals surface area (Å²) in [5, 5.41) is 2.84. The molecule has 0 aliphatic rings. The lowest BCUT2D eigenvalue weighted by Gasteiger charge is -2.10. The number of imidazole rings is 1. The van der Waals surface area contributed by atoms with Crippen molar-refractivity contribution in [1.82, 2.24) is 14.4 Å². The van der Waals surface area contributed by atoms with Crippen LogP contribution in [0.15, 0.2) is 73.1 Å². The molecular weight excluding hydrogens is 342 g/mol. The van der Waals surface area contributed by atoms with Crippen LogP contribution in [0.2, 0.25) is 0 Å². The van der Waals surface area contributed by atoms with Gasteiger partial charge in [0.15, 0.2) is 11.3 Å². The van der Waals surface area contributed by atoms with Gasteiger partial charge in [0.25, 0.3) is 11.8 Å². The average Bonchev–Trinajstić information content (AvgIpc) is 3.13. The number of carbonyl (C=O) groups is 2. The number of nitrogens with one attached hydrogen (secondary N) is 1. The molecule has 7 heteroatoms. The molecule has 0 atom stereocenters. The number of hydrogen-bond donors (Lipinski definition) is 2. The summed E-state index contributed by atoms with van der Waals surface area (Å²) < 4.78 is 1.46. The Labute approximate surface area is 154 Å². The largest absolute Gasteiger partial charge is 0.364 e. The summed E-state index contributed by atoms with van der Waals surface area (Å²) in [5.41, 5.74) is 7.97. The van der Waals surface area contributed by atoms with Crippen molar-refractivity contribution < 1.29 is 9.59 Å². The quantitative estimate of drug-likeness (QED) is 0.586. The summed E-state index contributed by atoms with van der Waals surface area (Å²) >= 11 is 0. The van der Waals surface area contributed by atoms with Gasteiger partial charge in [0.1, 0.15) is 12.0 Å². The third-order valence-corrected chi connectivity index (χ3v) is 4.07. The molecule has 0 saturated carbocycles. The maximum atomic E-state index is 12.9. The van der Waals surface area contributed by atoms with Crippen LogP contribution in [0, 0.1) is 0 Å². The molecule has 0 aliphatic heterocycles. The number of amides is 2. The number of nitrogens with zero attached hydrogens (tertiary/aromatic N) is 3. The average molecular weight is 357 g/mol. The lowest BCUT2D eigenvalue weighted by atomic mass is 10.1. The molecule has 0 unspecified atom stereocenters. The van der Waals surface area contributed by atoms with Crippen LogP contribution in [0.5, 0.6) is 0 Å². The van der Waals surface area contributed by atoms with Crippen molar-refractivity contribution in [3.63, 3.8) is 0 Å². The first-order chi connectivity index (χ1) is 13.1. The van der Waals surface area contributed by atoms with Crippen LogP contribution in [0.1, 0.15) is 21.0 Å². The molecule has 3 N–H and O–H groups in total. The molecule has 0 fully saturated rings. The number of anilines is 1. The van der Waals surface area contributed by atoms with Crippen molar-refractivity contribution in [3.8, 4) is 11.3 Å². The molecule has 2 amide bonds.